The zero-order chi connectivity index (χ0) is 12.0. The molecule has 2 aromatic rings. The molecule has 3 rings (SSSR count). The Kier molecular flexibility index (Phi) is 2.52. The van der Waals surface area contributed by atoms with E-state index in [1.807, 2.05) is 19.0 Å². The number of nitrogen functional groups attached to an aromatic ring is 1. The van der Waals surface area contributed by atoms with Gasteiger partial charge in [-0.3, -0.25) is 0 Å². The smallest absolute Gasteiger partial charge is 0.203 e. The first-order valence-electron chi connectivity index (χ1n) is 5.42. The van der Waals surface area contributed by atoms with Gasteiger partial charge < -0.3 is 10.6 Å². The predicted molar refractivity (Wildman–Crippen MR) is 71.7 cm³/mol. The maximum atomic E-state index is 5.64. The zero-order valence-corrected chi connectivity index (χ0v) is 11.3. The van der Waals surface area contributed by atoms with Crippen LogP contribution in [-0.2, 0) is 0 Å². The van der Waals surface area contributed by atoms with E-state index in [0.717, 1.165) is 15.0 Å². The number of nitrogens with two attached hydrogens (primary N) is 1. The Labute approximate surface area is 107 Å². The lowest BCUT2D eigenvalue weighted by molar-refractivity contribution is 1.01. The lowest BCUT2D eigenvalue weighted by Crippen LogP contribution is -2.07. The molecule has 17 heavy (non-hydrogen) atoms. The number of hydrogen-bond acceptors (Lipinski definition) is 7. The Morgan fingerprint density at radius 1 is 1.24 bits per heavy atom. The molecule has 1 aliphatic rings. The number of aromatic nitrogens is 3. The molecule has 0 saturated heterocycles. The number of thiazole rings is 1. The summed E-state index contributed by atoms with van der Waals surface area (Å²) in [6, 6.07) is 0. The van der Waals surface area contributed by atoms with E-state index in [0.29, 0.717) is 11.0 Å². The first-order valence-corrected chi connectivity index (χ1v) is 7.06. The van der Waals surface area contributed by atoms with Crippen molar-refractivity contribution in [3.05, 3.63) is 5.69 Å². The fourth-order valence-electron chi connectivity index (χ4n) is 1.62. The molecule has 90 valence electrons. The molecule has 2 aromatic heterocycles. The first-order chi connectivity index (χ1) is 8.15. The fraction of sp³-hybridized carbons (Fsp3) is 0.500. The number of anilines is 2. The van der Waals surface area contributed by atoms with Crippen LogP contribution >= 0.6 is 22.7 Å². The summed E-state index contributed by atoms with van der Waals surface area (Å²) in [4.78, 5) is 7.88. The first kappa shape index (κ1) is 10.9. The van der Waals surface area contributed by atoms with Gasteiger partial charge in [0.15, 0.2) is 10.1 Å². The number of rotatable bonds is 3. The second-order valence-electron chi connectivity index (χ2n) is 4.32. The average molecular weight is 267 g/mol. The van der Waals surface area contributed by atoms with Crippen LogP contribution in [0.2, 0.25) is 0 Å². The van der Waals surface area contributed by atoms with Crippen LogP contribution in [0.15, 0.2) is 0 Å². The van der Waals surface area contributed by atoms with Gasteiger partial charge in [-0.1, -0.05) is 22.7 Å². The molecule has 0 aliphatic heterocycles. The Balaban J connectivity index is 2.07. The highest BCUT2D eigenvalue weighted by Gasteiger charge is 2.31. The number of hydrogen-bond donors (Lipinski definition) is 1. The van der Waals surface area contributed by atoms with Crippen LogP contribution in [0.3, 0.4) is 0 Å². The molecule has 0 bridgehead atoms. The molecule has 2 N–H and O–H groups in total. The maximum absolute atomic E-state index is 5.64. The van der Waals surface area contributed by atoms with Crippen molar-refractivity contribution in [1.82, 2.24) is 15.2 Å². The van der Waals surface area contributed by atoms with Crippen molar-refractivity contribution in [3.8, 4) is 9.88 Å². The minimum absolute atomic E-state index is 0.515. The Hall–Kier alpha value is -1.21. The van der Waals surface area contributed by atoms with Crippen LogP contribution in [0.1, 0.15) is 24.5 Å². The highest BCUT2D eigenvalue weighted by Crippen LogP contribution is 2.48. The van der Waals surface area contributed by atoms with E-state index >= 15 is 0 Å². The van der Waals surface area contributed by atoms with E-state index < -0.39 is 0 Å². The molecule has 0 unspecified atom stereocenters. The maximum Gasteiger partial charge on any atom is 0.203 e. The van der Waals surface area contributed by atoms with Crippen molar-refractivity contribution in [3.63, 3.8) is 0 Å². The number of nitrogens with zero attached hydrogens (tertiary/aromatic N) is 4. The molecule has 7 heteroatoms. The predicted octanol–water partition coefficient (Wildman–Crippen LogP) is 2.19. The highest BCUT2D eigenvalue weighted by molar-refractivity contribution is 7.25. The second kappa shape index (κ2) is 3.92. The van der Waals surface area contributed by atoms with E-state index in [1.54, 1.807) is 11.3 Å². The summed E-state index contributed by atoms with van der Waals surface area (Å²) in [5.74, 6) is 0.611. The van der Waals surface area contributed by atoms with Crippen LogP contribution in [0, 0.1) is 0 Å². The van der Waals surface area contributed by atoms with Crippen molar-refractivity contribution in [2.75, 3.05) is 24.7 Å². The normalized spacial score (nSPS) is 15.2. The quantitative estimate of drug-likeness (QED) is 0.923. The van der Waals surface area contributed by atoms with Gasteiger partial charge in [-0.2, -0.15) is 0 Å². The van der Waals surface area contributed by atoms with E-state index in [1.165, 1.54) is 29.9 Å². The molecular weight excluding hydrogens is 254 g/mol. The van der Waals surface area contributed by atoms with Crippen LogP contribution in [0.25, 0.3) is 9.88 Å². The molecular formula is C10H13N5S2. The third kappa shape index (κ3) is 2.00. The minimum Gasteiger partial charge on any atom is -0.374 e. The molecule has 2 heterocycles. The SMILES string of the molecule is CN(C)c1nc(C2CC2)c(-c2nnc(N)s2)s1. The largest absolute Gasteiger partial charge is 0.374 e. The molecule has 0 spiro atoms. The molecule has 0 radical (unpaired) electrons. The fourth-order valence-corrected chi connectivity index (χ4v) is 3.39. The van der Waals surface area contributed by atoms with E-state index in [-0.39, 0.29) is 0 Å². The summed E-state index contributed by atoms with van der Waals surface area (Å²) < 4.78 is 0. The molecule has 0 atom stereocenters. The van der Waals surface area contributed by atoms with Gasteiger partial charge in [0.1, 0.15) is 0 Å². The summed E-state index contributed by atoms with van der Waals surface area (Å²) >= 11 is 3.10. The Morgan fingerprint density at radius 2 is 2.00 bits per heavy atom. The summed E-state index contributed by atoms with van der Waals surface area (Å²) in [7, 11) is 4.02. The molecule has 1 saturated carbocycles. The summed E-state index contributed by atoms with van der Waals surface area (Å²) in [6.45, 7) is 0. The van der Waals surface area contributed by atoms with Gasteiger partial charge in [0, 0.05) is 20.0 Å². The van der Waals surface area contributed by atoms with Crippen LogP contribution < -0.4 is 10.6 Å². The van der Waals surface area contributed by atoms with Gasteiger partial charge in [0.25, 0.3) is 0 Å². The highest BCUT2D eigenvalue weighted by atomic mass is 32.1. The molecule has 0 aromatic carbocycles. The second-order valence-corrected chi connectivity index (χ2v) is 6.31. The zero-order valence-electron chi connectivity index (χ0n) is 9.67. The third-order valence-electron chi connectivity index (χ3n) is 2.62. The minimum atomic E-state index is 0.515. The van der Waals surface area contributed by atoms with Gasteiger partial charge in [-0.15, -0.1) is 10.2 Å². The lowest BCUT2D eigenvalue weighted by Gasteiger charge is -2.05. The van der Waals surface area contributed by atoms with Crippen molar-refractivity contribution in [2.45, 2.75) is 18.8 Å². The Bertz CT molecular complexity index is 541. The van der Waals surface area contributed by atoms with Crippen LogP contribution in [0.4, 0.5) is 10.3 Å². The van der Waals surface area contributed by atoms with Gasteiger partial charge in [-0.05, 0) is 12.8 Å². The van der Waals surface area contributed by atoms with Crippen LogP contribution in [-0.4, -0.2) is 29.3 Å². The average Bonchev–Trinajstić information content (AvgIpc) is 2.88. The monoisotopic (exact) mass is 267 g/mol. The molecule has 1 aliphatic carbocycles. The van der Waals surface area contributed by atoms with E-state index in [9.17, 15) is 0 Å². The topological polar surface area (TPSA) is 67.9 Å². The summed E-state index contributed by atoms with van der Waals surface area (Å²) in [5.41, 5.74) is 6.82. The lowest BCUT2D eigenvalue weighted by atomic mass is 10.2. The third-order valence-corrected chi connectivity index (χ3v) is 4.77. The van der Waals surface area contributed by atoms with E-state index in [4.69, 9.17) is 10.7 Å². The van der Waals surface area contributed by atoms with E-state index in [2.05, 4.69) is 10.2 Å². The standard InChI is InChI=1S/C10H13N5S2/c1-15(2)10-12-6(5-3-4-5)7(16-10)8-13-14-9(11)17-8/h5H,3-4H2,1-2H3,(H2,11,14). The Morgan fingerprint density at radius 3 is 2.53 bits per heavy atom. The molecule has 5 nitrogen and oxygen atoms in total. The van der Waals surface area contributed by atoms with Crippen molar-refractivity contribution in [1.29, 1.82) is 0 Å². The van der Waals surface area contributed by atoms with Gasteiger partial charge in [-0.25, -0.2) is 4.98 Å². The molecule has 1 fully saturated rings. The van der Waals surface area contributed by atoms with Gasteiger partial charge in [0.05, 0.1) is 10.6 Å². The van der Waals surface area contributed by atoms with Crippen LogP contribution in [0.5, 0.6) is 0 Å². The van der Waals surface area contributed by atoms with Gasteiger partial charge >= 0.3 is 0 Å². The molecule has 0 amide bonds. The van der Waals surface area contributed by atoms with Crippen molar-refractivity contribution in [2.24, 2.45) is 0 Å². The summed E-state index contributed by atoms with van der Waals surface area (Å²) in [5, 5.41) is 10.4. The van der Waals surface area contributed by atoms with Gasteiger partial charge in [0.2, 0.25) is 5.13 Å². The van der Waals surface area contributed by atoms with Crippen molar-refractivity contribution >= 4 is 32.9 Å². The van der Waals surface area contributed by atoms with Crippen molar-refractivity contribution < 1.29 is 0 Å². The summed E-state index contributed by atoms with van der Waals surface area (Å²) in [6.07, 6.45) is 2.47.